The molecule has 0 spiro atoms. The average Bonchev–Trinajstić information content (AvgIpc) is 2.00. The Morgan fingerprint density at radius 1 is 1.36 bits per heavy atom. The zero-order chi connectivity index (χ0) is 10.8. The molecule has 2 nitrogen and oxygen atoms in total. The van der Waals surface area contributed by atoms with Crippen LogP contribution in [0.15, 0.2) is 22.7 Å². The van der Waals surface area contributed by atoms with Crippen molar-refractivity contribution in [2.45, 2.75) is 6.18 Å². The van der Waals surface area contributed by atoms with Gasteiger partial charge in [0, 0.05) is 0 Å². The fraction of sp³-hybridized carbons (Fsp3) is 0.250. The maximum Gasteiger partial charge on any atom is 0.422 e. The van der Waals surface area contributed by atoms with Crippen LogP contribution in [-0.4, -0.2) is 17.9 Å². The monoisotopic (exact) mass is 270 g/mol. The molecule has 0 atom stereocenters. The molecule has 0 amide bonds. The van der Waals surface area contributed by atoms with Crippen LogP contribution in [0.25, 0.3) is 0 Å². The summed E-state index contributed by atoms with van der Waals surface area (Å²) in [5.41, 5.74) is 0. The van der Waals surface area contributed by atoms with E-state index < -0.39 is 12.8 Å². The number of rotatable bonds is 2. The lowest BCUT2D eigenvalue weighted by Gasteiger charge is -2.10. The molecule has 1 aromatic carbocycles. The average molecular weight is 271 g/mol. The van der Waals surface area contributed by atoms with Crippen molar-refractivity contribution in [2.75, 3.05) is 6.61 Å². The second-order valence-electron chi connectivity index (χ2n) is 2.52. The lowest BCUT2D eigenvalue weighted by atomic mass is 10.3. The number of ether oxygens (including phenoxy) is 1. The minimum atomic E-state index is -4.36. The number of phenols is 1. The number of alkyl halides is 3. The fourth-order valence-corrected chi connectivity index (χ4v) is 1.25. The number of halogens is 4. The van der Waals surface area contributed by atoms with Gasteiger partial charge in [0.05, 0.1) is 4.47 Å². The van der Waals surface area contributed by atoms with Crippen LogP contribution in [0, 0.1) is 0 Å². The Morgan fingerprint density at radius 3 is 2.50 bits per heavy atom. The smallest absolute Gasteiger partial charge is 0.422 e. The first kappa shape index (κ1) is 11.2. The Labute approximate surface area is 86.4 Å². The van der Waals surface area contributed by atoms with Crippen LogP contribution in [-0.2, 0) is 0 Å². The highest BCUT2D eigenvalue weighted by Crippen LogP contribution is 2.29. The molecule has 0 aromatic heterocycles. The predicted molar refractivity (Wildman–Crippen MR) is 47.4 cm³/mol. The van der Waals surface area contributed by atoms with Gasteiger partial charge in [-0.15, -0.1) is 0 Å². The highest BCUT2D eigenvalue weighted by atomic mass is 79.9. The first-order valence-electron chi connectivity index (χ1n) is 3.56. The molecule has 0 saturated heterocycles. The van der Waals surface area contributed by atoms with Crippen molar-refractivity contribution < 1.29 is 23.0 Å². The van der Waals surface area contributed by atoms with Crippen molar-refractivity contribution in [3.63, 3.8) is 0 Å². The molecular formula is C8H6BrF3O2. The number of hydrogen-bond acceptors (Lipinski definition) is 2. The van der Waals surface area contributed by atoms with Gasteiger partial charge in [-0.05, 0) is 34.1 Å². The van der Waals surface area contributed by atoms with Gasteiger partial charge in [-0.2, -0.15) is 13.2 Å². The maximum absolute atomic E-state index is 11.8. The summed E-state index contributed by atoms with van der Waals surface area (Å²) in [4.78, 5) is 0. The van der Waals surface area contributed by atoms with E-state index >= 15 is 0 Å². The summed E-state index contributed by atoms with van der Waals surface area (Å²) in [6.07, 6.45) is -4.36. The lowest BCUT2D eigenvalue weighted by molar-refractivity contribution is -0.153. The quantitative estimate of drug-likeness (QED) is 0.895. The van der Waals surface area contributed by atoms with Crippen molar-refractivity contribution in [2.24, 2.45) is 0 Å². The Kier molecular flexibility index (Phi) is 3.25. The Balaban J connectivity index is 2.68. The normalized spacial score (nSPS) is 11.4. The number of hydrogen-bond donors (Lipinski definition) is 1. The molecule has 78 valence electrons. The van der Waals surface area contributed by atoms with Gasteiger partial charge >= 0.3 is 6.18 Å². The molecule has 0 bridgehead atoms. The van der Waals surface area contributed by atoms with E-state index in [-0.39, 0.29) is 16.0 Å². The Bertz CT molecular complexity index is 325. The zero-order valence-corrected chi connectivity index (χ0v) is 8.39. The van der Waals surface area contributed by atoms with E-state index in [9.17, 15) is 13.2 Å². The second kappa shape index (κ2) is 4.08. The fourth-order valence-electron chi connectivity index (χ4n) is 0.766. The topological polar surface area (TPSA) is 29.5 Å². The molecule has 0 saturated carbocycles. The van der Waals surface area contributed by atoms with Gasteiger partial charge in [0.1, 0.15) is 11.5 Å². The Hall–Kier alpha value is -0.910. The highest BCUT2D eigenvalue weighted by molar-refractivity contribution is 9.10. The van der Waals surface area contributed by atoms with E-state index in [2.05, 4.69) is 20.7 Å². The van der Waals surface area contributed by atoms with Crippen molar-refractivity contribution in [3.8, 4) is 11.5 Å². The van der Waals surface area contributed by atoms with Crippen molar-refractivity contribution >= 4 is 15.9 Å². The van der Waals surface area contributed by atoms with Crippen LogP contribution in [0.3, 0.4) is 0 Å². The van der Waals surface area contributed by atoms with Crippen molar-refractivity contribution in [1.82, 2.24) is 0 Å². The summed E-state index contributed by atoms with van der Waals surface area (Å²) >= 11 is 2.96. The summed E-state index contributed by atoms with van der Waals surface area (Å²) in [5.74, 6) is -0.00337. The van der Waals surface area contributed by atoms with Crippen LogP contribution in [0.5, 0.6) is 11.5 Å². The zero-order valence-electron chi connectivity index (χ0n) is 6.81. The molecule has 1 aromatic rings. The molecule has 0 heterocycles. The summed E-state index contributed by atoms with van der Waals surface area (Å²) in [6.45, 7) is -1.35. The molecule has 0 aliphatic heterocycles. The third kappa shape index (κ3) is 3.45. The third-order valence-corrected chi connectivity index (χ3v) is 1.93. The molecule has 0 fully saturated rings. The van der Waals surface area contributed by atoms with Gasteiger partial charge in [-0.25, -0.2) is 0 Å². The minimum absolute atomic E-state index is 0.0418. The standard InChI is InChI=1S/C8H6BrF3O2/c9-6-3-5(13)1-2-7(6)14-4-8(10,11)12/h1-3,13H,4H2. The van der Waals surface area contributed by atoms with Crippen LogP contribution in [0.4, 0.5) is 13.2 Å². The minimum Gasteiger partial charge on any atom is -0.508 e. The second-order valence-corrected chi connectivity index (χ2v) is 3.37. The summed E-state index contributed by atoms with van der Waals surface area (Å²) in [7, 11) is 0. The van der Waals surface area contributed by atoms with Gasteiger partial charge < -0.3 is 9.84 Å². The van der Waals surface area contributed by atoms with Crippen molar-refractivity contribution in [1.29, 1.82) is 0 Å². The maximum atomic E-state index is 11.8. The molecular weight excluding hydrogens is 265 g/mol. The van der Waals surface area contributed by atoms with Crippen LogP contribution >= 0.6 is 15.9 Å². The number of benzene rings is 1. The van der Waals surface area contributed by atoms with Crippen LogP contribution in [0.1, 0.15) is 0 Å². The highest BCUT2D eigenvalue weighted by Gasteiger charge is 2.28. The number of aromatic hydroxyl groups is 1. The van der Waals surface area contributed by atoms with E-state index in [1.807, 2.05) is 0 Å². The molecule has 14 heavy (non-hydrogen) atoms. The van der Waals surface area contributed by atoms with E-state index in [1.54, 1.807) is 0 Å². The molecule has 0 radical (unpaired) electrons. The SMILES string of the molecule is Oc1ccc(OCC(F)(F)F)c(Br)c1. The van der Waals surface area contributed by atoms with E-state index in [4.69, 9.17) is 5.11 Å². The molecule has 1 N–H and O–H groups in total. The van der Waals surface area contributed by atoms with E-state index in [0.29, 0.717) is 0 Å². The van der Waals surface area contributed by atoms with Gasteiger partial charge in [-0.3, -0.25) is 0 Å². The molecule has 1 rings (SSSR count). The summed E-state index contributed by atoms with van der Waals surface area (Å²) in [5, 5.41) is 8.96. The largest absolute Gasteiger partial charge is 0.508 e. The summed E-state index contributed by atoms with van der Waals surface area (Å²) < 4.78 is 40.0. The first-order chi connectivity index (χ1) is 6.38. The molecule has 0 unspecified atom stereocenters. The van der Waals surface area contributed by atoms with E-state index in [0.717, 1.165) is 0 Å². The van der Waals surface area contributed by atoms with Gasteiger partial charge in [0.15, 0.2) is 6.61 Å². The van der Waals surface area contributed by atoms with E-state index in [1.165, 1.54) is 18.2 Å². The summed E-state index contributed by atoms with van der Waals surface area (Å²) in [6, 6.07) is 3.76. The third-order valence-electron chi connectivity index (χ3n) is 1.31. The van der Waals surface area contributed by atoms with Crippen molar-refractivity contribution in [3.05, 3.63) is 22.7 Å². The first-order valence-corrected chi connectivity index (χ1v) is 4.36. The Morgan fingerprint density at radius 2 is 2.00 bits per heavy atom. The van der Waals surface area contributed by atoms with Gasteiger partial charge in [-0.1, -0.05) is 0 Å². The molecule has 0 aliphatic carbocycles. The van der Waals surface area contributed by atoms with Gasteiger partial charge in [0.25, 0.3) is 0 Å². The van der Waals surface area contributed by atoms with Gasteiger partial charge in [0.2, 0.25) is 0 Å². The number of phenolic OH excluding ortho intramolecular Hbond substituents is 1. The lowest BCUT2D eigenvalue weighted by Crippen LogP contribution is -2.19. The van der Waals surface area contributed by atoms with Crippen LogP contribution in [0.2, 0.25) is 0 Å². The molecule has 0 aliphatic rings. The molecule has 6 heteroatoms. The van der Waals surface area contributed by atoms with Crippen LogP contribution < -0.4 is 4.74 Å². The predicted octanol–water partition coefficient (Wildman–Crippen LogP) is 3.10.